The van der Waals surface area contributed by atoms with E-state index >= 15 is 0 Å². The number of sulfonamides is 1. The van der Waals surface area contributed by atoms with Gasteiger partial charge in [0.2, 0.25) is 15.9 Å². The summed E-state index contributed by atoms with van der Waals surface area (Å²) in [6, 6.07) is 3.57. The average Bonchev–Trinajstić information content (AvgIpc) is 3.17. The third kappa shape index (κ3) is 6.45. The number of hydrogen-bond acceptors (Lipinski definition) is 5. The largest absolute Gasteiger partial charge is 0.467 e. The fourth-order valence-electron chi connectivity index (χ4n) is 2.85. The van der Waals surface area contributed by atoms with Crippen molar-refractivity contribution >= 4 is 15.9 Å². The highest BCUT2D eigenvalue weighted by Gasteiger charge is 2.27. The summed E-state index contributed by atoms with van der Waals surface area (Å²) in [7, 11) is -3.45. The molecule has 0 aliphatic carbocycles. The summed E-state index contributed by atoms with van der Waals surface area (Å²) >= 11 is 0. The number of nitrogens with zero attached hydrogens (tertiary/aromatic N) is 2. The van der Waals surface area contributed by atoms with E-state index in [1.54, 1.807) is 23.3 Å². The summed E-state index contributed by atoms with van der Waals surface area (Å²) < 4.78 is 36.2. The minimum atomic E-state index is -3.45. The Bertz CT molecular complexity index is 636. The van der Waals surface area contributed by atoms with Crippen LogP contribution in [0.4, 0.5) is 0 Å². The molecule has 142 valence electrons. The second-order valence-electron chi connectivity index (χ2n) is 6.94. The molecule has 8 heteroatoms. The van der Waals surface area contributed by atoms with Crippen LogP contribution in [0.3, 0.4) is 0 Å². The summed E-state index contributed by atoms with van der Waals surface area (Å²) in [5.74, 6) is 0.568. The third-order valence-corrected chi connectivity index (χ3v) is 5.29. The molecular weight excluding hydrogens is 344 g/mol. The van der Waals surface area contributed by atoms with Crippen molar-refractivity contribution in [3.63, 3.8) is 0 Å². The van der Waals surface area contributed by atoms with Gasteiger partial charge in [0.15, 0.2) is 0 Å². The van der Waals surface area contributed by atoms with E-state index in [9.17, 15) is 13.2 Å². The number of carbonyl (C=O) groups excluding carboxylic acids is 1. The second-order valence-corrected chi connectivity index (χ2v) is 8.92. The molecule has 7 nitrogen and oxygen atoms in total. The van der Waals surface area contributed by atoms with Crippen LogP contribution < -0.4 is 0 Å². The first-order valence-electron chi connectivity index (χ1n) is 8.62. The Morgan fingerprint density at radius 2 is 2.16 bits per heavy atom. The van der Waals surface area contributed by atoms with Gasteiger partial charge in [0, 0.05) is 19.7 Å². The maximum atomic E-state index is 12.8. The molecule has 0 unspecified atom stereocenters. The quantitative estimate of drug-likeness (QED) is 0.659. The molecule has 1 aliphatic rings. The molecule has 1 fully saturated rings. The SMILES string of the molecule is CC(C)CN(CC(=O)N(Cc1ccco1)C[C@H]1CCCO1)S(C)(=O)=O. The lowest BCUT2D eigenvalue weighted by atomic mass is 10.2. The standard InChI is InChI=1S/C17H28N2O5S/c1-14(2)10-19(25(3,21)22)13-17(20)18(11-15-6-4-8-23-15)12-16-7-5-9-24-16/h4,6,8,14,16H,5,7,9-13H2,1-3H3/t16-/m1/s1. The zero-order chi connectivity index (χ0) is 18.4. The van der Waals surface area contributed by atoms with Gasteiger partial charge in [-0.05, 0) is 30.9 Å². The van der Waals surface area contributed by atoms with Crippen LogP contribution in [-0.2, 0) is 26.1 Å². The number of carbonyl (C=O) groups is 1. The van der Waals surface area contributed by atoms with Crippen molar-refractivity contribution in [1.82, 2.24) is 9.21 Å². The maximum absolute atomic E-state index is 12.8. The molecular formula is C17H28N2O5S. The summed E-state index contributed by atoms with van der Waals surface area (Å²) in [4.78, 5) is 14.5. The van der Waals surface area contributed by atoms with Crippen LogP contribution in [0.5, 0.6) is 0 Å². The van der Waals surface area contributed by atoms with Gasteiger partial charge in [-0.2, -0.15) is 4.31 Å². The average molecular weight is 372 g/mol. The second kappa shape index (κ2) is 8.82. The predicted molar refractivity (Wildman–Crippen MR) is 94.4 cm³/mol. The van der Waals surface area contributed by atoms with Gasteiger partial charge in [0.05, 0.1) is 31.7 Å². The minimum Gasteiger partial charge on any atom is -0.467 e. The molecule has 1 saturated heterocycles. The van der Waals surface area contributed by atoms with E-state index in [-0.39, 0.29) is 24.5 Å². The first kappa shape index (κ1) is 19.9. The van der Waals surface area contributed by atoms with Crippen LogP contribution >= 0.6 is 0 Å². The molecule has 0 bridgehead atoms. The van der Waals surface area contributed by atoms with Crippen LogP contribution in [0.15, 0.2) is 22.8 Å². The lowest BCUT2D eigenvalue weighted by Crippen LogP contribution is -2.45. The Kier molecular flexibility index (Phi) is 7.04. The molecule has 1 atom stereocenters. The number of amides is 1. The van der Waals surface area contributed by atoms with Gasteiger partial charge in [0.25, 0.3) is 0 Å². The molecule has 0 radical (unpaired) electrons. The Labute approximate surface area is 150 Å². The van der Waals surface area contributed by atoms with Crippen LogP contribution in [0.2, 0.25) is 0 Å². The van der Waals surface area contributed by atoms with Gasteiger partial charge in [-0.25, -0.2) is 8.42 Å². The molecule has 1 amide bonds. The van der Waals surface area contributed by atoms with Crippen molar-refractivity contribution in [1.29, 1.82) is 0 Å². The summed E-state index contributed by atoms with van der Waals surface area (Å²) in [5, 5.41) is 0. The zero-order valence-corrected chi connectivity index (χ0v) is 16.0. The van der Waals surface area contributed by atoms with Gasteiger partial charge in [-0.3, -0.25) is 4.79 Å². The van der Waals surface area contributed by atoms with Crippen molar-refractivity contribution in [3.05, 3.63) is 24.2 Å². The summed E-state index contributed by atoms with van der Waals surface area (Å²) in [5.41, 5.74) is 0. The summed E-state index contributed by atoms with van der Waals surface area (Å²) in [6.45, 7) is 5.47. The molecule has 0 saturated carbocycles. The first-order chi connectivity index (χ1) is 11.8. The first-order valence-corrected chi connectivity index (χ1v) is 10.5. The van der Waals surface area contributed by atoms with Crippen LogP contribution in [0.1, 0.15) is 32.4 Å². The molecule has 2 heterocycles. The van der Waals surface area contributed by atoms with Crippen LogP contribution in [0, 0.1) is 5.92 Å². The van der Waals surface area contributed by atoms with Crippen molar-refractivity contribution < 1.29 is 22.4 Å². The van der Waals surface area contributed by atoms with Crippen molar-refractivity contribution in [3.8, 4) is 0 Å². The highest BCUT2D eigenvalue weighted by Crippen LogP contribution is 2.16. The third-order valence-electron chi connectivity index (χ3n) is 4.08. The fraction of sp³-hybridized carbons (Fsp3) is 0.706. The Hall–Kier alpha value is -1.38. The Balaban J connectivity index is 2.08. The van der Waals surface area contributed by atoms with Gasteiger partial charge >= 0.3 is 0 Å². The summed E-state index contributed by atoms with van der Waals surface area (Å²) in [6.07, 6.45) is 4.58. The lowest BCUT2D eigenvalue weighted by molar-refractivity contribution is -0.134. The number of ether oxygens (including phenoxy) is 1. The van der Waals surface area contributed by atoms with Crippen LogP contribution in [-0.4, -0.2) is 62.1 Å². The van der Waals surface area contributed by atoms with Crippen molar-refractivity contribution in [2.24, 2.45) is 5.92 Å². The smallest absolute Gasteiger partial charge is 0.238 e. The maximum Gasteiger partial charge on any atom is 0.238 e. The van der Waals surface area contributed by atoms with Gasteiger partial charge in [-0.1, -0.05) is 13.8 Å². The molecule has 25 heavy (non-hydrogen) atoms. The molecule has 1 aliphatic heterocycles. The van der Waals surface area contributed by atoms with Crippen molar-refractivity contribution in [2.45, 2.75) is 39.3 Å². The monoisotopic (exact) mass is 372 g/mol. The predicted octanol–water partition coefficient (Wildman–Crippen LogP) is 1.70. The normalized spacial score (nSPS) is 18.2. The lowest BCUT2D eigenvalue weighted by Gasteiger charge is -2.28. The van der Waals surface area contributed by atoms with Gasteiger partial charge in [-0.15, -0.1) is 0 Å². The highest BCUT2D eigenvalue weighted by atomic mass is 32.2. The molecule has 1 aromatic rings. The molecule has 0 N–H and O–H groups in total. The van der Waals surface area contributed by atoms with E-state index in [2.05, 4.69) is 0 Å². The Morgan fingerprint density at radius 3 is 2.68 bits per heavy atom. The number of hydrogen-bond donors (Lipinski definition) is 0. The van der Waals surface area contributed by atoms with E-state index < -0.39 is 10.0 Å². The molecule has 0 spiro atoms. The Morgan fingerprint density at radius 1 is 1.40 bits per heavy atom. The number of rotatable bonds is 9. The minimum absolute atomic E-state index is 0.00399. The van der Waals surface area contributed by atoms with Gasteiger partial charge in [0.1, 0.15) is 5.76 Å². The van der Waals surface area contributed by atoms with Crippen LogP contribution in [0.25, 0.3) is 0 Å². The molecule has 0 aromatic carbocycles. The molecule has 1 aromatic heterocycles. The van der Waals surface area contributed by atoms with Crippen molar-refractivity contribution in [2.75, 3.05) is 32.5 Å². The van der Waals surface area contributed by atoms with E-state index in [1.807, 2.05) is 13.8 Å². The van der Waals surface area contributed by atoms with E-state index in [0.717, 1.165) is 19.1 Å². The van der Waals surface area contributed by atoms with Gasteiger partial charge < -0.3 is 14.1 Å². The zero-order valence-electron chi connectivity index (χ0n) is 15.2. The topological polar surface area (TPSA) is 80.1 Å². The fourth-order valence-corrected chi connectivity index (χ4v) is 3.77. The van der Waals surface area contributed by atoms with E-state index in [1.165, 1.54) is 4.31 Å². The van der Waals surface area contributed by atoms with E-state index in [4.69, 9.17) is 9.15 Å². The highest BCUT2D eigenvalue weighted by molar-refractivity contribution is 7.88. The number of furan rings is 1. The van der Waals surface area contributed by atoms with E-state index in [0.29, 0.717) is 32.0 Å². The molecule has 2 rings (SSSR count).